The minimum atomic E-state index is 0.100. The van der Waals surface area contributed by atoms with Gasteiger partial charge in [-0.3, -0.25) is 9.48 Å². The van der Waals surface area contributed by atoms with E-state index in [2.05, 4.69) is 29.2 Å². The molecule has 0 unspecified atom stereocenters. The van der Waals surface area contributed by atoms with Crippen molar-refractivity contribution in [3.05, 3.63) is 11.3 Å². The third-order valence-electron chi connectivity index (χ3n) is 3.55. The van der Waals surface area contributed by atoms with Gasteiger partial charge in [0, 0.05) is 39.8 Å². The van der Waals surface area contributed by atoms with Crippen LogP contribution in [0.25, 0.3) is 0 Å². The maximum atomic E-state index is 12.0. The summed E-state index contributed by atoms with van der Waals surface area (Å²) in [6, 6.07) is 0. The summed E-state index contributed by atoms with van der Waals surface area (Å²) in [4.78, 5) is 15.7. The minimum Gasteiger partial charge on any atom is -0.348 e. The third kappa shape index (κ3) is 4.46. The van der Waals surface area contributed by atoms with E-state index in [9.17, 15) is 4.79 Å². The molecule has 6 heteroatoms. The normalized spacial score (nSPS) is 10.8. The van der Waals surface area contributed by atoms with Gasteiger partial charge in [0.15, 0.2) is 0 Å². The van der Waals surface area contributed by atoms with E-state index in [1.54, 1.807) is 19.0 Å². The maximum Gasteiger partial charge on any atom is 0.241 e. The van der Waals surface area contributed by atoms with Gasteiger partial charge < -0.3 is 15.1 Å². The van der Waals surface area contributed by atoms with Crippen LogP contribution in [0, 0.1) is 6.92 Å². The van der Waals surface area contributed by atoms with Gasteiger partial charge in [-0.1, -0.05) is 6.92 Å². The molecule has 0 atom stereocenters. The summed E-state index contributed by atoms with van der Waals surface area (Å²) in [5.74, 6) is 1.14. The van der Waals surface area contributed by atoms with Crippen molar-refractivity contribution in [1.82, 2.24) is 20.0 Å². The van der Waals surface area contributed by atoms with Gasteiger partial charge in [0.25, 0.3) is 0 Å². The number of nitrogens with one attached hydrogen (secondary N) is 1. The Bertz CT molecular complexity index is 467. The lowest BCUT2D eigenvalue weighted by Crippen LogP contribution is -2.38. The number of carbonyl (C=O) groups is 1. The molecule has 0 radical (unpaired) electrons. The molecule has 0 fully saturated rings. The van der Waals surface area contributed by atoms with Crippen LogP contribution in [0.3, 0.4) is 0 Å². The first-order valence-electron chi connectivity index (χ1n) is 7.60. The van der Waals surface area contributed by atoms with Crippen LogP contribution in [-0.4, -0.2) is 54.3 Å². The predicted molar refractivity (Wildman–Crippen MR) is 86.5 cm³/mol. The monoisotopic (exact) mass is 295 g/mol. The van der Waals surface area contributed by atoms with Crippen LogP contribution >= 0.6 is 0 Å². The SMILES string of the molecule is CCCNCc1c(C)nn(C)c1N(CC)CC(=O)N(C)C. The van der Waals surface area contributed by atoms with Crippen molar-refractivity contribution in [3.8, 4) is 0 Å². The lowest BCUT2D eigenvalue weighted by molar-refractivity contribution is -0.127. The molecule has 0 bridgehead atoms. The summed E-state index contributed by atoms with van der Waals surface area (Å²) in [5.41, 5.74) is 2.20. The molecular formula is C15H29N5O. The first kappa shape index (κ1) is 17.5. The highest BCUT2D eigenvalue weighted by Gasteiger charge is 2.20. The molecule has 1 amide bonds. The molecule has 0 spiro atoms. The largest absolute Gasteiger partial charge is 0.348 e. The van der Waals surface area contributed by atoms with Crippen LogP contribution < -0.4 is 10.2 Å². The van der Waals surface area contributed by atoms with Gasteiger partial charge in [0.2, 0.25) is 5.91 Å². The van der Waals surface area contributed by atoms with Crippen LogP contribution in [0.4, 0.5) is 5.82 Å². The maximum absolute atomic E-state index is 12.0. The van der Waals surface area contributed by atoms with Gasteiger partial charge in [-0.25, -0.2) is 0 Å². The highest BCUT2D eigenvalue weighted by molar-refractivity contribution is 5.81. The van der Waals surface area contributed by atoms with Gasteiger partial charge in [0.1, 0.15) is 5.82 Å². The standard InChI is InChI=1S/C15H29N5O/c1-7-9-16-10-13-12(3)17-19(6)15(13)20(8-2)11-14(21)18(4)5/h16H,7-11H2,1-6H3. The summed E-state index contributed by atoms with van der Waals surface area (Å²) in [6.45, 7) is 9.16. The molecular weight excluding hydrogens is 266 g/mol. The molecule has 0 saturated carbocycles. The second-order valence-corrected chi connectivity index (χ2v) is 5.49. The van der Waals surface area contributed by atoms with Crippen molar-refractivity contribution in [3.63, 3.8) is 0 Å². The number of amides is 1. The number of rotatable bonds is 8. The zero-order chi connectivity index (χ0) is 16.0. The number of anilines is 1. The van der Waals surface area contributed by atoms with E-state index < -0.39 is 0 Å². The molecule has 21 heavy (non-hydrogen) atoms. The number of hydrogen-bond donors (Lipinski definition) is 1. The average molecular weight is 295 g/mol. The third-order valence-corrected chi connectivity index (χ3v) is 3.55. The summed E-state index contributed by atoms with van der Waals surface area (Å²) in [5, 5.41) is 7.95. The molecule has 6 nitrogen and oxygen atoms in total. The van der Waals surface area contributed by atoms with Gasteiger partial charge in [-0.2, -0.15) is 5.10 Å². The molecule has 0 saturated heterocycles. The van der Waals surface area contributed by atoms with E-state index in [1.165, 1.54) is 5.56 Å². The van der Waals surface area contributed by atoms with Crippen LogP contribution in [0.1, 0.15) is 31.5 Å². The molecule has 1 heterocycles. The van der Waals surface area contributed by atoms with E-state index in [0.29, 0.717) is 6.54 Å². The fourth-order valence-corrected chi connectivity index (χ4v) is 2.32. The van der Waals surface area contributed by atoms with E-state index >= 15 is 0 Å². The van der Waals surface area contributed by atoms with Crippen LogP contribution in [-0.2, 0) is 18.4 Å². The van der Waals surface area contributed by atoms with Gasteiger partial charge >= 0.3 is 0 Å². The second kappa shape index (κ2) is 8.02. The highest BCUT2D eigenvalue weighted by atomic mass is 16.2. The zero-order valence-electron chi connectivity index (χ0n) is 14.2. The molecule has 0 aliphatic heterocycles. The van der Waals surface area contributed by atoms with Gasteiger partial charge in [-0.15, -0.1) is 0 Å². The molecule has 0 aromatic carbocycles. The summed E-state index contributed by atoms with van der Waals surface area (Å²) in [7, 11) is 5.51. The van der Waals surface area contributed by atoms with Crippen molar-refractivity contribution < 1.29 is 4.79 Å². The zero-order valence-corrected chi connectivity index (χ0v) is 14.2. The molecule has 120 valence electrons. The average Bonchev–Trinajstić information content (AvgIpc) is 2.71. The summed E-state index contributed by atoms with van der Waals surface area (Å²) < 4.78 is 1.88. The Balaban J connectivity index is 2.99. The quantitative estimate of drug-likeness (QED) is 0.731. The topological polar surface area (TPSA) is 53.4 Å². The fourth-order valence-electron chi connectivity index (χ4n) is 2.32. The number of likely N-dealkylation sites (N-methyl/N-ethyl adjacent to an activating group) is 2. The molecule has 1 aromatic heterocycles. The van der Waals surface area contributed by atoms with Crippen molar-refractivity contribution in [2.45, 2.75) is 33.7 Å². The Labute approximate surface area is 128 Å². The number of carbonyl (C=O) groups excluding carboxylic acids is 1. The smallest absolute Gasteiger partial charge is 0.241 e. The Morgan fingerprint density at radius 2 is 2.00 bits per heavy atom. The predicted octanol–water partition coefficient (Wildman–Crippen LogP) is 1.14. The lowest BCUT2D eigenvalue weighted by atomic mass is 10.2. The van der Waals surface area contributed by atoms with Gasteiger partial charge in [-0.05, 0) is 26.8 Å². The first-order valence-corrected chi connectivity index (χ1v) is 7.60. The van der Waals surface area contributed by atoms with Gasteiger partial charge in [0.05, 0.1) is 12.2 Å². The summed E-state index contributed by atoms with van der Waals surface area (Å²) in [6.07, 6.45) is 1.10. The number of nitrogens with zero attached hydrogens (tertiary/aromatic N) is 4. The van der Waals surface area contributed by atoms with E-state index in [1.807, 2.05) is 18.7 Å². The van der Waals surface area contributed by atoms with Crippen molar-refractivity contribution in [1.29, 1.82) is 0 Å². The highest BCUT2D eigenvalue weighted by Crippen LogP contribution is 2.23. The minimum absolute atomic E-state index is 0.100. The van der Waals surface area contributed by atoms with Crippen LogP contribution in [0.5, 0.6) is 0 Å². The fraction of sp³-hybridized carbons (Fsp3) is 0.733. The van der Waals surface area contributed by atoms with E-state index in [0.717, 1.165) is 37.6 Å². The molecule has 1 N–H and O–H groups in total. The van der Waals surface area contributed by atoms with Crippen LogP contribution in [0.2, 0.25) is 0 Å². The van der Waals surface area contributed by atoms with E-state index in [-0.39, 0.29) is 5.91 Å². The number of aromatic nitrogens is 2. The second-order valence-electron chi connectivity index (χ2n) is 5.49. The molecule has 1 aromatic rings. The lowest BCUT2D eigenvalue weighted by Gasteiger charge is -2.25. The Hall–Kier alpha value is -1.56. The number of aryl methyl sites for hydroxylation is 2. The number of hydrogen-bond acceptors (Lipinski definition) is 4. The van der Waals surface area contributed by atoms with E-state index in [4.69, 9.17) is 0 Å². The Morgan fingerprint density at radius 3 is 2.52 bits per heavy atom. The molecule has 1 rings (SSSR count). The molecule has 0 aliphatic rings. The Morgan fingerprint density at radius 1 is 1.33 bits per heavy atom. The molecule has 0 aliphatic carbocycles. The first-order chi connectivity index (χ1) is 9.92. The summed E-state index contributed by atoms with van der Waals surface area (Å²) >= 11 is 0. The Kier molecular flexibility index (Phi) is 6.68. The van der Waals surface area contributed by atoms with Crippen molar-refractivity contribution in [2.75, 3.05) is 38.6 Å². The van der Waals surface area contributed by atoms with Crippen molar-refractivity contribution >= 4 is 11.7 Å². The van der Waals surface area contributed by atoms with Crippen LogP contribution in [0.15, 0.2) is 0 Å². The van der Waals surface area contributed by atoms with Crippen molar-refractivity contribution in [2.24, 2.45) is 7.05 Å².